The summed E-state index contributed by atoms with van der Waals surface area (Å²) in [4.78, 5) is 12.9. The first kappa shape index (κ1) is 12.2. The summed E-state index contributed by atoms with van der Waals surface area (Å²) >= 11 is 0. The molecule has 3 rings (SSSR count). The Labute approximate surface area is 113 Å². The van der Waals surface area contributed by atoms with E-state index in [0.29, 0.717) is 0 Å². The molecule has 0 bridgehead atoms. The molecule has 19 heavy (non-hydrogen) atoms. The van der Waals surface area contributed by atoms with Gasteiger partial charge < -0.3 is 0 Å². The lowest BCUT2D eigenvalue weighted by atomic mass is 9.69. The van der Waals surface area contributed by atoms with Gasteiger partial charge in [-0.05, 0) is 24.5 Å². The summed E-state index contributed by atoms with van der Waals surface area (Å²) in [6.07, 6.45) is 8.72. The van der Waals surface area contributed by atoms with Crippen LogP contribution in [0.15, 0.2) is 48.8 Å². The molecular weight excluding hydrogens is 236 g/mol. The van der Waals surface area contributed by atoms with E-state index in [1.54, 1.807) is 18.5 Å². The fourth-order valence-electron chi connectivity index (χ4n) is 3.15. The highest BCUT2D eigenvalue weighted by atomic mass is 16.2. The average Bonchev–Trinajstić information content (AvgIpc) is 3.02. The van der Waals surface area contributed by atoms with Gasteiger partial charge in [0.1, 0.15) is 0 Å². The van der Waals surface area contributed by atoms with E-state index >= 15 is 0 Å². The molecule has 1 aromatic carbocycles. The Bertz CT molecular complexity index is 539. The zero-order chi connectivity index (χ0) is 13.1. The molecule has 1 heterocycles. The number of carbonyl (C=O) groups excluding carboxylic acids is 1. The Morgan fingerprint density at radius 2 is 1.79 bits per heavy atom. The van der Waals surface area contributed by atoms with Crippen molar-refractivity contribution in [1.29, 1.82) is 0 Å². The summed E-state index contributed by atoms with van der Waals surface area (Å²) in [5, 5.41) is 4.13. The minimum Gasteiger partial charge on any atom is -0.272 e. The van der Waals surface area contributed by atoms with Crippen molar-refractivity contribution in [1.82, 2.24) is 9.78 Å². The van der Waals surface area contributed by atoms with Gasteiger partial charge in [0.25, 0.3) is 5.91 Å². The topological polar surface area (TPSA) is 34.9 Å². The Morgan fingerprint density at radius 1 is 1.05 bits per heavy atom. The molecule has 0 aliphatic heterocycles. The van der Waals surface area contributed by atoms with Crippen LogP contribution in [0.25, 0.3) is 0 Å². The number of carbonyl (C=O) groups is 1. The Kier molecular flexibility index (Phi) is 3.20. The van der Waals surface area contributed by atoms with Crippen LogP contribution in [0.3, 0.4) is 0 Å². The van der Waals surface area contributed by atoms with Gasteiger partial charge in [0, 0.05) is 12.4 Å². The molecule has 1 aromatic heterocycles. The number of hydrogen-bond acceptors (Lipinski definition) is 2. The number of aromatic nitrogens is 2. The first-order chi connectivity index (χ1) is 9.33. The molecule has 1 saturated carbocycles. The molecule has 0 N–H and O–H groups in total. The highest BCUT2D eigenvalue weighted by Gasteiger charge is 2.42. The van der Waals surface area contributed by atoms with Gasteiger partial charge in [-0.15, -0.1) is 0 Å². The van der Waals surface area contributed by atoms with Crippen LogP contribution in [0.1, 0.15) is 42.5 Å². The molecular formula is C16H18N2O. The molecule has 1 fully saturated rings. The van der Waals surface area contributed by atoms with Gasteiger partial charge in [0.05, 0.1) is 5.41 Å². The van der Waals surface area contributed by atoms with Crippen LogP contribution in [-0.4, -0.2) is 15.7 Å². The lowest BCUT2D eigenvalue weighted by molar-refractivity contribution is 0.0730. The van der Waals surface area contributed by atoms with E-state index in [1.807, 2.05) is 18.2 Å². The van der Waals surface area contributed by atoms with Crippen molar-refractivity contribution in [2.24, 2.45) is 0 Å². The monoisotopic (exact) mass is 254 g/mol. The highest BCUT2D eigenvalue weighted by Crippen LogP contribution is 2.40. The number of nitrogens with zero attached hydrogens (tertiary/aromatic N) is 2. The summed E-state index contributed by atoms with van der Waals surface area (Å²) in [6, 6.07) is 12.0. The summed E-state index contributed by atoms with van der Waals surface area (Å²) in [5.74, 6) is 0.114. The van der Waals surface area contributed by atoms with Crippen molar-refractivity contribution < 1.29 is 4.79 Å². The zero-order valence-electron chi connectivity index (χ0n) is 11.0. The minimum atomic E-state index is -0.383. The molecule has 98 valence electrons. The summed E-state index contributed by atoms with van der Waals surface area (Å²) in [5.41, 5.74) is 0.751. The minimum absolute atomic E-state index is 0.114. The van der Waals surface area contributed by atoms with Crippen molar-refractivity contribution >= 4 is 5.91 Å². The van der Waals surface area contributed by atoms with Gasteiger partial charge in [0.2, 0.25) is 0 Å². The first-order valence-electron chi connectivity index (χ1n) is 6.93. The Morgan fingerprint density at radius 3 is 2.42 bits per heavy atom. The number of hydrogen-bond donors (Lipinski definition) is 0. The molecule has 0 amide bonds. The predicted molar refractivity (Wildman–Crippen MR) is 74.1 cm³/mol. The third-order valence-corrected chi connectivity index (χ3v) is 4.16. The SMILES string of the molecule is O=C(n1cccn1)C1(c2ccccc2)CCCCC1. The van der Waals surface area contributed by atoms with Crippen molar-refractivity contribution in [3.05, 3.63) is 54.4 Å². The molecule has 0 atom stereocenters. The standard InChI is InChI=1S/C16H18N2O/c19-15(18-13-7-12-17-18)16(10-5-2-6-11-16)14-8-3-1-4-9-14/h1,3-4,7-9,12-13H,2,5-6,10-11H2. The molecule has 0 spiro atoms. The third-order valence-electron chi connectivity index (χ3n) is 4.16. The molecule has 3 heteroatoms. The maximum Gasteiger partial charge on any atom is 0.257 e. The Hall–Kier alpha value is -1.90. The fourth-order valence-corrected chi connectivity index (χ4v) is 3.15. The second-order valence-electron chi connectivity index (χ2n) is 5.26. The van der Waals surface area contributed by atoms with Gasteiger partial charge in [-0.25, -0.2) is 4.68 Å². The largest absolute Gasteiger partial charge is 0.272 e. The van der Waals surface area contributed by atoms with Crippen molar-refractivity contribution in [2.45, 2.75) is 37.5 Å². The summed E-state index contributed by atoms with van der Waals surface area (Å²) < 4.78 is 1.50. The third kappa shape index (κ3) is 2.09. The fraction of sp³-hybridized carbons (Fsp3) is 0.375. The highest BCUT2D eigenvalue weighted by molar-refractivity contribution is 5.89. The maximum absolute atomic E-state index is 12.9. The first-order valence-corrected chi connectivity index (χ1v) is 6.93. The molecule has 0 unspecified atom stereocenters. The van der Waals surface area contributed by atoms with Gasteiger partial charge in [-0.1, -0.05) is 49.6 Å². The van der Waals surface area contributed by atoms with Crippen molar-refractivity contribution in [2.75, 3.05) is 0 Å². The van der Waals surface area contributed by atoms with Crippen LogP contribution in [0.5, 0.6) is 0 Å². The second kappa shape index (κ2) is 5.00. The molecule has 1 aliphatic rings. The van der Waals surface area contributed by atoms with Crippen LogP contribution in [0.2, 0.25) is 0 Å². The number of rotatable bonds is 2. The van der Waals surface area contributed by atoms with Crippen LogP contribution in [0, 0.1) is 0 Å². The van der Waals surface area contributed by atoms with E-state index in [-0.39, 0.29) is 11.3 Å². The van der Waals surface area contributed by atoms with E-state index in [2.05, 4.69) is 17.2 Å². The lowest BCUT2D eigenvalue weighted by Gasteiger charge is -2.35. The maximum atomic E-state index is 12.9. The quantitative estimate of drug-likeness (QED) is 0.823. The van der Waals surface area contributed by atoms with Gasteiger partial charge in [-0.3, -0.25) is 4.79 Å². The smallest absolute Gasteiger partial charge is 0.257 e. The van der Waals surface area contributed by atoms with E-state index in [0.717, 1.165) is 31.2 Å². The van der Waals surface area contributed by atoms with Crippen LogP contribution in [-0.2, 0) is 5.41 Å². The Balaban J connectivity index is 2.04. The van der Waals surface area contributed by atoms with E-state index in [9.17, 15) is 4.79 Å². The second-order valence-corrected chi connectivity index (χ2v) is 5.26. The zero-order valence-corrected chi connectivity index (χ0v) is 11.0. The van der Waals surface area contributed by atoms with Gasteiger partial charge in [0.15, 0.2) is 0 Å². The van der Waals surface area contributed by atoms with Crippen LogP contribution in [0.4, 0.5) is 0 Å². The predicted octanol–water partition coefficient (Wildman–Crippen LogP) is 3.43. The molecule has 2 aromatic rings. The van der Waals surface area contributed by atoms with E-state index in [4.69, 9.17) is 0 Å². The number of benzene rings is 1. The van der Waals surface area contributed by atoms with E-state index < -0.39 is 0 Å². The molecule has 0 radical (unpaired) electrons. The lowest BCUT2D eigenvalue weighted by Crippen LogP contribution is -2.41. The van der Waals surface area contributed by atoms with Crippen molar-refractivity contribution in [3.63, 3.8) is 0 Å². The van der Waals surface area contributed by atoms with Gasteiger partial charge >= 0.3 is 0 Å². The average molecular weight is 254 g/mol. The van der Waals surface area contributed by atoms with Gasteiger partial charge in [-0.2, -0.15) is 5.10 Å². The van der Waals surface area contributed by atoms with Crippen LogP contribution >= 0.6 is 0 Å². The molecule has 0 saturated heterocycles. The summed E-state index contributed by atoms with van der Waals surface area (Å²) in [7, 11) is 0. The normalized spacial score (nSPS) is 18.1. The van der Waals surface area contributed by atoms with Crippen LogP contribution < -0.4 is 0 Å². The molecule has 3 nitrogen and oxygen atoms in total. The summed E-state index contributed by atoms with van der Waals surface area (Å²) in [6.45, 7) is 0. The van der Waals surface area contributed by atoms with E-state index in [1.165, 1.54) is 11.1 Å². The molecule has 1 aliphatic carbocycles. The van der Waals surface area contributed by atoms with Crippen molar-refractivity contribution in [3.8, 4) is 0 Å².